The molecule has 0 atom stereocenters. The molecule has 0 aliphatic carbocycles. The Morgan fingerprint density at radius 1 is 0.431 bits per heavy atom. The van der Waals surface area contributed by atoms with Gasteiger partial charge in [-0.15, -0.1) is 0 Å². The number of allylic oxidation sites excluding steroid dienone is 8. The highest BCUT2D eigenvalue weighted by Gasteiger charge is 2.16. The first-order chi connectivity index (χ1) is 25.1. The topological polar surface area (TPSA) is 52.9 Å². The van der Waals surface area contributed by atoms with E-state index in [1.807, 2.05) is 91.1 Å². The van der Waals surface area contributed by atoms with Crippen molar-refractivity contribution in [2.24, 2.45) is 0 Å². The van der Waals surface area contributed by atoms with E-state index in [1.54, 1.807) is 31.4 Å². The number of rotatable bonds is 12. The lowest BCUT2D eigenvalue weighted by atomic mass is 10.0. The van der Waals surface area contributed by atoms with Gasteiger partial charge in [0.2, 0.25) is 0 Å². The Kier molecular flexibility index (Phi) is 11.4. The Labute approximate surface area is 299 Å². The highest BCUT2D eigenvalue weighted by Crippen LogP contribution is 2.40. The van der Waals surface area contributed by atoms with Gasteiger partial charge in [0, 0.05) is 16.8 Å². The van der Waals surface area contributed by atoms with Gasteiger partial charge in [0.1, 0.15) is 17.2 Å². The van der Waals surface area contributed by atoms with Crippen LogP contribution in [0.2, 0.25) is 0 Å². The summed E-state index contributed by atoms with van der Waals surface area (Å²) in [4.78, 5) is 2.28. The molecule has 6 rings (SSSR count). The van der Waals surface area contributed by atoms with E-state index >= 15 is 0 Å². The summed E-state index contributed by atoms with van der Waals surface area (Å²) in [6.07, 6.45) is 24.3. The van der Waals surface area contributed by atoms with Crippen molar-refractivity contribution in [3.05, 3.63) is 204 Å². The van der Waals surface area contributed by atoms with Gasteiger partial charge in [0.25, 0.3) is 0 Å². The minimum absolute atomic E-state index is 0.263. The predicted molar refractivity (Wildman–Crippen MR) is 216 cm³/mol. The number of benzene rings is 6. The van der Waals surface area contributed by atoms with Crippen LogP contribution in [0.4, 0.5) is 17.1 Å². The molecular weight excluding hydrogens is 627 g/mol. The van der Waals surface area contributed by atoms with E-state index in [-0.39, 0.29) is 11.5 Å². The average Bonchev–Trinajstić information content (AvgIpc) is 3.17. The van der Waals surface area contributed by atoms with Crippen molar-refractivity contribution in [3.8, 4) is 17.2 Å². The van der Waals surface area contributed by atoms with Crippen LogP contribution in [0.3, 0.4) is 0 Å². The molecule has 0 aromatic heterocycles. The first-order valence-corrected chi connectivity index (χ1v) is 16.7. The van der Waals surface area contributed by atoms with Crippen LogP contribution in [0.5, 0.6) is 17.2 Å². The van der Waals surface area contributed by atoms with Crippen LogP contribution in [0.25, 0.3) is 35.1 Å². The van der Waals surface area contributed by atoms with E-state index in [4.69, 9.17) is 4.74 Å². The van der Waals surface area contributed by atoms with Crippen LogP contribution < -0.4 is 9.64 Å². The van der Waals surface area contributed by atoms with Gasteiger partial charge in [-0.1, -0.05) is 140 Å². The zero-order valence-corrected chi connectivity index (χ0v) is 28.4. The molecule has 0 radical (unpaired) electrons. The molecule has 4 nitrogen and oxygen atoms in total. The van der Waals surface area contributed by atoms with Gasteiger partial charge in [-0.3, -0.25) is 0 Å². The third-order valence-electron chi connectivity index (χ3n) is 8.25. The molecule has 0 spiro atoms. The number of fused-ring (bicyclic) bond motifs is 1. The summed E-state index contributed by atoms with van der Waals surface area (Å²) in [6.45, 7) is 0. The summed E-state index contributed by atoms with van der Waals surface area (Å²) in [5.41, 5.74) is 7.42. The molecule has 250 valence electrons. The molecule has 6 aromatic carbocycles. The summed E-state index contributed by atoms with van der Waals surface area (Å²) in [6, 6.07) is 43.8. The minimum atomic E-state index is 0.263. The molecule has 0 aliphatic rings. The Bertz CT molecular complexity index is 2220. The number of hydrogen-bond donors (Lipinski definition) is 2. The first kappa shape index (κ1) is 34.1. The van der Waals surface area contributed by atoms with Crippen molar-refractivity contribution in [3.63, 3.8) is 0 Å². The van der Waals surface area contributed by atoms with Gasteiger partial charge in [-0.25, -0.2) is 0 Å². The standard InChI is InChI=1S/C47H39NO3/c1-51-44-33-27-41(28-34-44)48(40-25-18-36(19-26-40)12-6-2-3-7-13-37-20-29-42(49)30-21-37)47-35-24-39(45-16-10-11-17-46(45)47)15-9-5-4-8-14-38-22-31-43(50)32-23-38/h2-35,49-50H,1H3. The number of methoxy groups -OCH3 is 1. The van der Waals surface area contributed by atoms with Gasteiger partial charge >= 0.3 is 0 Å². The normalized spacial score (nSPS) is 12.1. The van der Waals surface area contributed by atoms with Gasteiger partial charge < -0.3 is 19.8 Å². The zero-order valence-electron chi connectivity index (χ0n) is 28.4. The molecule has 6 aromatic rings. The van der Waals surface area contributed by atoms with Crippen molar-refractivity contribution in [1.82, 2.24) is 0 Å². The third-order valence-corrected chi connectivity index (χ3v) is 8.25. The van der Waals surface area contributed by atoms with Gasteiger partial charge in [-0.05, 0) is 94.4 Å². The van der Waals surface area contributed by atoms with Crippen LogP contribution >= 0.6 is 0 Å². The maximum absolute atomic E-state index is 9.49. The Morgan fingerprint density at radius 2 is 0.863 bits per heavy atom. The van der Waals surface area contributed by atoms with Gasteiger partial charge in [0.05, 0.1) is 12.8 Å². The summed E-state index contributed by atoms with van der Waals surface area (Å²) >= 11 is 0. The molecular formula is C47H39NO3. The monoisotopic (exact) mass is 665 g/mol. The highest BCUT2D eigenvalue weighted by molar-refractivity contribution is 6.02. The number of hydrogen-bond acceptors (Lipinski definition) is 4. The second kappa shape index (κ2) is 17.0. The quantitative estimate of drug-likeness (QED) is 0.128. The summed E-state index contributed by atoms with van der Waals surface area (Å²) in [7, 11) is 1.68. The zero-order chi connectivity index (χ0) is 35.3. The number of anilines is 3. The molecule has 0 heterocycles. The maximum Gasteiger partial charge on any atom is 0.119 e. The van der Waals surface area contributed by atoms with Crippen LogP contribution in [0, 0.1) is 0 Å². The largest absolute Gasteiger partial charge is 0.508 e. The lowest BCUT2D eigenvalue weighted by Crippen LogP contribution is -2.10. The summed E-state index contributed by atoms with van der Waals surface area (Å²) < 4.78 is 5.47. The van der Waals surface area contributed by atoms with E-state index < -0.39 is 0 Å². The van der Waals surface area contributed by atoms with Gasteiger partial charge in [-0.2, -0.15) is 0 Å². The van der Waals surface area contributed by atoms with Crippen LogP contribution in [0.15, 0.2) is 182 Å². The fraction of sp³-hybridized carbons (Fsp3) is 0.0213. The number of ether oxygens (including phenoxy) is 1. The van der Waals surface area contributed by atoms with Crippen molar-refractivity contribution in [2.45, 2.75) is 0 Å². The van der Waals surface area contributed by atoms with Crippen molar-refractivity contribution >= 4 is 52.1 Å². The van der Waals surface area contributed by atoms with Crippen LogP contribution in [-0.4, -0.2) is 17.3 Å². The molecule has 0 fully saturated rings. The fourth-order valence-electron chi connectivity index (χ4n) is 5.63. The van der Waals surface area contributed by atoms with E-state index in [0.717, 1.165) is 55.8 Å². The number of nitrogens with zero attached hydrogens (tertiary/aromatic N) is 1. The van der Waals surface area contributed by atoms with Gasteiger partial charge in [0.15, 0.2) is 0 Å². The number of phenols is 2. The lowest BCUT2D eigenvalue weighted by molar-refractivity contribution is 0.415. The predicted octanol–water partition coefficient (Wildman–Crippen LogP) is 12.3. The molecule has 2 N–H and O–H groups in total. The molecule has 0 aliphatic heterocycles. The third kappa shape index (κ3) is 9.23. The Balaban J connectivity index is 1.24. The first-order valence-electron chi connectivity index (χ1n) is 16.7. The molecule has 51 heavy (non-hydrogen) atoms. The Hall–Kier alpha value is -6.78. The van der Waals surface area contributed by atoms with Crippen molar-refractivity contribution in [1.29, 1.82) is 0 Å². The second-order valence-electron chi connectivity index (χ2n) is 11.7. The highest BCUT2D eigenvalue weighted by atomic mass is 16.5. The second-order valence-corrected chi connectivity index (χ2v) is 11.7. The van der Waals surface area contributed by atoms with Crippen LogP contribution in [0.1, 0.15) is 22.3 Å². The summed E-state index contributed by atoms with van der Waals surface area (Å²) in [5, 5.41) is 21.2. The van der Waals surface area contributed by atoms with Crippen molar-refractivity contribution < 1.29 is 14.9 Å². The SMILES string of the molecule is COc1ccc(N(c2ccc(C=CC=CC=Cc3ccc(O)cc3)cc2)c2ccc(C=CC=CC=Cc3ccc(O)cc3)c3ccccc23)cc1. The smallest absolute Gasteiger partial charge is 0.119 e. The minimum Gasteiger partial charge on any atom is -0.508 e. The van der Waals surface area contributed by atoms with E-state index in [2.05, 4.69) is 95.9 Å². The van der Waals surface area contributed by atoms with Crippen molar-refractivity contribution in [2.75, 3.05) is 12.0 Å². The van der Waals surface area contributed by atoms with E-state index in [0.29, 0.717) is 0 Å². The summed E-state index contributed by atoms with van der Waals surface area (Å²) in [5.74, 6) is 1.33. The molecule has 0 amide bonds. The lowest BCUT2D eigenvalue weighted by Gasteiger charge is -2.27. The molecule has 4 heteroatoms. The Morgan fingerprint density at radius 3 is 1.35 bits per heavy atom. The fourth-order valence-corrected chi connectivity index (χ4v) is 5.63. The van der Waals surface area contributed by atoms with E-state index in [9.17, 15) is 10.2 Å². The number of aromatic hydroxyl groups is 2. The van der Waals surface area contributed by atoms with E-state index in [1.165, 1.54) is 0 Å². The molecule has 0 bridgehead atoms. The average molecular weight is 666 g/mol. The molecule has 0 saturated heterocycles. The number of phenolic OH excluding ortho intramolecular Hbond substituents is 2. The molecule has 0 unspecified atom stereocenters. The maximum atomic E-state index is 9.49. The molecule has 0 saturated carbocycles. The van der Waals surface area contributed by atoms with Crippen LogP contribution in [-0.2, 0) is 0 Å².